The topological polar surface area (TPSA) is 73.2 Å². The number of carbonyl (C=O) groups is 2. The Morgan fingerprint density at radius 1 is 1.25 bits per heavy atom. The number of hydrogen-bond donors (Lipinski definition) is 1. The molecule has 4 bridgehead atoms. The highest BCUT2D eigenvalue weighted by molar-refractivity contribution is 7.20. The summed E-state index contributed by atoms with van der Waals surface area (Å²) in [5, 5.41) is 8.61. The molecule has 1 amide bonds. The fraction of sp³-hybridized carbons (Fsp3) is 0.667. The molecule has 1 unspecified atom stereocenters. The first-order valence-electron chi connectivity index (χ1n) is 10.3. The van der Waals surface area contributed by atoms with Gasteiger partial charge in [-0.2, -0.15) is 5.10 Å². The average molecular weight is 402 g/mol. The van der Waals surface area contributed by atoms with Crippen molar-refractivity contribution in [1.82, 2.24) is 15.1 Å². The van der Waals surface area contributed by atoms with Crippen LogP contribution in [0.3, 0.4) is 0 Å². The molecule has 2 aromatic heterocycles. The van der Waals surface area contributed by atoms with Crippen molar-refractivity contribution in [2.24, 2.45) is 24.8 Å². The van der Waals surface area contributed by atoms with Crippen molar-refractivity contribution in [3.63, 3.8) is 0 Å². The predicted octanol–water partition coefficient (Wildman–Crippen LogP) is 3.57. The molecular weight excluding hydrogens is 374 g/mol. The first kappa shape index (κ1) is 18.2. The number of thiophene rings is 1. The van der Waals surface area contributed by atoms with Gasteiger partial charge in [0, 0.05) is 18.0 Å². The number of fused-ring (bicyclic) bond motifs is 1. The van der Waals surface area contributed by atoms with Gasteiger partial charge in [-0.15, -0.1) is 11.3 Å². The molecule has 0 spiro atoms. The van der Waals surface area contributed by atoms with Crippen LogP contribution >= 0.6 is 11.3 Å². The summed E-state index contributed by atoms with van der Waals surface area (Å²) in [4.78, 5) is 26.9. The van der Waals surface area contributed by atoms with Crippen LogP contribution in [0.25, 0.3) is 10.2 Å². The van der Waals surface area contributed by atoms with E-state index in [2.05, 4.69) is 10.4 Å². The van der Waals surface area contributed by atoms with Crippen LogP contribution in [0.15, 0.2) is 6.07 Å². The molecule has 0 aromatic carbocycles. The maximum atomic E-state index is 12.8. The summed E-state index contributed by atoms with van der Waals surface area (Å²) in [6.45, 7) is 3.60. The van der Waals surface area contributed by atoms with E-state index in [-0.39, 0.29) is 11.4 Å². The molecule has 2 aromatic rings. The first-order valence-corrected chi connectivity index (χ1v) is 11.1. The fourth-order valence-corrected chi connectivity index (χ4v) is 7.21. The smallest absolute Gasteiger partial charge is 0.349 e. The monoisotopic (exact) mass is 401 g/mol. The molecule has 0 saturated heterocycles. The third kappa shape index (κ3) is 2.95. The number of aryl methyl sites for hydroxylation is 2. The van der Waals surface area contributed by atoms with E-state index in [9.17, 15) is 9.59 Å². The minimum atomic E-state index is -0.787. The van der Waals surface area contributed by atoms with E-state index in [0.717, 1.165) is 52.9 Å². The zero-order valence-corrected chi connectivity index (χ0v) is 17.5. The van der Waals surface area contributed by atoms with Crippen LogP contribution < -0.4 is 5.32 Å². The number of hydrogen-bond acceptors (Lipinski definition) is 5. The van der Waals surface area contributed by atoms with Crippen LogP contribution in [0.2, 0.25) is 0 Å². The van der Waals surface area contributed by atoms with Crippen LogP contribution in [0.4, 0.5) is 0 Å². The Labute approximate surface area is 168 Å². The Bertz CT molecular complexity index is 890. The molecular formula is C21H27N3O3S. The minimum Gasteiger partial charge on any atom is -0.448 e. The lowest BCUT2D eigenvalue weighted by atomic mass is 9.53. The number of amides is 1. The lowest BCUT2D eigenvalue weighted by molar-refractivity contribution is -0.134. The van der Waals surface area contributed by atoms with E-state index in [1.165, 1.54) is 30.6 Å². The van der Waals surface area contributed by atoms with Crippen molar-refractivity contribution in [2.45, 2.75) is 64.0 Å². The van der Waals surface area contributed by atoms with Gasteiger partial charge in [0.2, 0.25) is 0 Å². The highest BCUT2D eigenvalue weighted by Gasteiger charge is 2.51. The van der Waals surface area contributed by atoms with Gasteiger partial charge in [0.05, 0.1) is 5.69 Å². The number of aromatic nitrogens is 2. The van der Waals surface area contributed by atoms with E-state index >= 15 is 0 Å². The first-order chi connectivity index (χ1) is 13.3. The number of rotatable bonds is 4. The molecule has 1 N–H and O–H groups in total. The zero-order valence-electron chi connectivity index (χ0n) is 16.7. The third-order valence-electron chi connectivity index (χ3n) is 6.98. The molecule has 4 aliphatic rings. The molecule has 0 aliphatic heterocycles. The lowest BCUT2D eigenvalue weighted by Crippen LogP contribution is -2.61. The van der Waals surface area contributed by atoms with Crippen molar-refractivity contribution in [1.29, 1.82) is 0 Å². The lowest BCUT2D eigenvalue weighted by Gasteiger charge is -2.57. The number of carbonyl (C=O) groups excluding carboxylic acids is 2. The molecule has 2 heterocycles. The minimum absolute atomic E-state index is 0.0626. The second-order valence-electron chi connectivity index (χ2n) is 9.27. The van der Waals surface area contributed by atoms with Crippen LogP contribution in [0.1, 0.15) is 60.8 Å². The Balaban J connectivity index is 1.26. The average Bonchev–Trinajstić information content (AvgIpc) is 3.15. The molecule has 0 radical (unpaired) electrons. The summed E-state index contributed by atoms with van der Waals surface area (Å²) in [5.41, 5.74) is 0.827. The molecule has 6 nitrogen and oxygen atoms in total. The van der Waals surface area contributed by atoms with Gasteiger partial charge in [-0.1, -0.05) is 0 Å². The van der Waals surface area contributed by atoms with Crippen LogP contribution in [0.5, 0.6) is 0 Å². The van der Waals surface area contributed by atoms with Gasteiger partial charge < -0.3 is 10.1 Å². The van der Waals surface area contributed by atoms with Gasteiger partial charge in [-0.3, -0.25) is 9.48 Å². The second kappa shape index (κ2) is 6.31. The Hall–Kier alpha value is -1.89. The molecule has 6 rings (SSSR count). The van der Waals surface area contributed by atoms with Gasteiger partial charge in [0.1, 0.15) is 9.71 Å². The predicted molar refractivity (Wildman–Crippen MR) is 107 cm³/mol. The van der Waals surface area contributed by atoms with E-state index < -0.39 is 12.1 Å². The summed E-state index contributed by atoms with van der Waals surface area (Å²) in [6, 6.07) is 1.81. The van der Waals surface area contributed by atoms with E-state index in [4.69, 9.17) is 4.74 Å². The second-order valence-corrected chi connectivity index (χ2v) is 10.3. The van der Waals surface area contributed by atoms with Crippen LogP contribution in [-0.4, -0.2) is 33.3 Å². The Kier molecular flexibility index (Phi) is 4.09. The van der Waals surface area contributed by atoms with Crippen molar-refractivity contribution >= 4 is 33.4 Å². The van der Waals surface area contributed by atoms with Gasteiger partial charge in [0.25, 0.3) is 5.91 Å². The summed E-state index contributed by atoms with van der Waals surface area (Å²) in [5.74, 6) is 1.70. The van der Waals surface area contributed by atoms with Crippen molar-refractivity contribution in [3.05, 3.63) is 16.6 Å². The molecule has 28 heavy (non-hydrogen) atoms. The van der Waals surface area contributed by atoms with Gasteiger partial charge in [-0.05, 0) is 76.2 Å². The standard InChI is InChI=1S/C21H27N3O3S/c1-11-16-7-17(28-19(16)24(3)23-11)20(26)27-12(2)18(25)22-21-8-13-4-14(9-21)6-15(5-13)10-21/h7,12-15H,4-6,8-10H2,1-3H3,(H,22,25). The van der Waals surface area contributed by atoms with Gasteiger partial charge in [-0.25, -0.2) is 4.79 Å². The Morgan fingerprint density at radius 3 is 2.43 bits per heavy atom. The number of nitrogens with zero attached hydrogens (tertiary/aromatic N) is 2. The quantitative estimate of drug-likeness (QED) is 0.795. The summed E-state index contributed by atoms with van der Waals surface area (Å²) < 4.78 is 7.29. The maximum absolute atomic E-state index is 12.8. The molecule has 4 fully saturated rings. The maximum Gasteiger partial charge on any atom is 0.349 e. The van der Waals surface area contributed by atoms with E-state index in [1.54, 1.807) is 11.6 Å². The van der Waals surface area contributed by atoms with Gasteiger partial charge in [0.15, 0.2) is 6.10 Å². The zero-order chi connectivity index (χ0) is 19.6. The molecule has 1 atom stereocenters. The van der Waals surface area contributed by atoms with Gasteiger partial charge >= 0.3 is 5.97 Å². The normalized spacial score (nSPS) is 31.9. The van der Waals surface area contributed by atoms with E-state index in [0.29, 0.717) is 4.88 Å². The van der Waals surface area contributed by atoms with Crippen molar-refractivity contribution in [2.75, 3.05) is 0 Å². The molecule has 7 heteroatoms. The Morgan fingerprint density at radius 2 is 1.86 bits per heavy atom. The third-order valence-corrected chi connectivity index (χ3v) is 8.16. The highest BCUT2D eigenvalue weighted by Crippen LogP contribution is 2.55. The number of nitrogens with one attached hydrogen (secondary N) is 1. The highest BCUT2D eigenvalue weighted by atomic mass is 32.1. The van der Waals surface area contributed by atoms with Crippen molar-refractivity contribution < 1.29 is 14.3 Å². The fourth-order valence-electron chi connectivity index (χ4n) is 6.20. The van der Waals surface area contributed by atoms with Crippen molar-refractivity contribution in [3.8, 4) is 0 Å². The summed E-state index contributed by atoms with van der Waals surface area (Å²) >= 11 is 1.36. The molecule has 150 valence electrons. The summed E-state index contributed by atoms with van der Waals surface area (Å²) in [6.07, 6.45) is 6.49. The van der Waals surface area contributed by atoms with Crippen LogP contribution in [-0.2, 0) is 16.6 Å². The molecule has 4 saturated carbocycles. The number of esters is 1. The summed E-state index contributed by atoms with van der Waals surface area (Å²) in [7, 11) is 1.86. The number of ether oxygens (including phenoxy) is 1. The molecule has 4 aliphatic carbocycles. The largest absolute Gasteiger partial charge is 0.448 e. The van der Waals surface area contributed by atoms with E-state index in [1.807, 2.05) is 20.0 Å². The van der Waals surface area contributed by atoms with Crippen LogP contribution in [0, 0.1) is 24.7 Å². The SMILES string of the molecule is Cc1nn(C)c2sc(C(=O)OC(C)C(=O)NC34CC5CC(CC(C5)C3)C4)cc12.